The van der Waals surface area contributed by atoms with Crippen LogP contribution in [0.5, 0.6) is 11.5 Å². The molecule has 3 rings (SSSR count). The fourth-order valence-electron chi connectivity index (χ4n) is 2.92. The lowest BCUT2D eigenvalue weighted by molar-refractivity contribution is -0.116. The number of amides is 1. The SMILES string of the molecule is COc1cccc(/C=C/C(=O)NC(c2ccccc2)c2ccccn2)c1OC(F)F. The number of nitrogens with one attached hydrogen (secondary N) is 1. The number of hydrogen-bond acceptors (Lipinski definition) is 4. The first kappa shape index (κ1) is 21.0. The van der Waals surface area contributed by atoms with E-state index in [1.54, 1.807) is 24.4 Å². The third-order valence-corrected chi connectivity index (χ3v) is 4.25. The van der Waals surface area contributed by atoms with Crippen LogP contribution < -0.4 is 14.8 Å². The van der Waals surface area contributed by atoms with Gasteiger partial charge in [-0.15, -0.1) is 0 Å². The maximum Gasteiger partial charge on any atom is 0.387 e. The number of aromatic nitrogens is 1. The van der Waals surface area contributed by atoms with E-state index in [0.29, 0.717) is 11.3 Å². The zero-order valence-corrected chi connectivity index (χ0v) is 16.2. The van der Waals surface area contributed by atoms with Gasteiger partial charge in [-0.3, -0.25) is 9.78 Å². The molecule has 7 heteroatoms. The lowest BCUT2D eigenvalue weighted by atomic mass is 10.0. The van der Waals surface area contributed by atoms with Crippen molar-refractivity contribution in [1.82, 2.24) is 10.3 Å². The van der Waals surface area contributed by atoms with Crippen molar-refractivity contribution in [2.24, 2.45) is 0 Å². The van der Waals surface area contributed by atoms with Crippen LogP contribution in [0.15, 0.2) is 79.0 Å². The van der Waals surface area contributed by atoms with E-state index >= 15 is 0 Å². The second-order valence-electron chi connectivity index (χ2n) is 6.20. The Morgan fingerprint density at radius 2 is 1.80 bits per heavy atom. The van der Waals surface area contributed by atoms with Gasteiger partial charge in [0, 0.05) is 17.8 Å². The number of pyridine rings is 1. The van der Waals surface area contributed by atoms with Gasteiger partial charge in [0.15, 0.2) is 11.5 Å². The Hall–Kier alpha value is -3.74. The molecular formula is C23H20F2N2O3. The van der Waals surface area contributed by atoms with Gasteiger partial charge in [0.05, 0.1) is 18.8 Å². The summed E-state index contributed by atoms with van der Waals surface area (Å²) in [5, 5.41) is 2.90. The molecule has 0 saturated carbocycles. The molecule has 0 fully saturated rings. The molecule has 0 aliphatic heterocycles. The minimum Gasteiger partial charge on any atom is -0.493 e. The van der Waals surface area contributed by atoms with Crippen LogP contribution in [0.25, 0.3) is 6.08 Å². The van der Waals surface area contributed by atoms with E-state index in [4.69, 9.17) is 4.74 Å². The molecule has 5 nitrogen and oxygen atoms in total. The number of ether oxygens (including phenoxy) is 2. The highest BCUT2D eigenvalue weighted by molar-refractivity contribution is 5.92. The predicted molar refractivity (Wildman–Crippen MR) is 109 cm³/mol. The van der Waals surface area contributed by atoms with Crippen molar-refractivity contribution in [3.63, 3.8) is 0 Å². The van der Waals surface area contributed by atoms with Crippen LogP contribution in [0.2, 0.25) is 0 Å². The van der Waals surface area contributed by atoms with Crippen molar-refractivity contribution >= 4 is 12.0 Å². The van der Waals surface area contributed by atoms with Gasteiger partial charge in [-0.1, -0.05) is 48.5 Å². The zero-order chi connectivity index (χ0) is 21.3. The Labute approximate surface area is 173 Å². The topological polar surface area (TPSA) is 60.5 Å². The smallest absolute Gasteiger partial charge is 0.387 e. The van der Waals surface area contributed by atoms with Gasteiger partial charge in [-0.2, -0.15) is 8.78 Å². The summed E-state index contributed by atoms with van der Waals surface area (Å²) in [6, 6.07) is 19.1. The molecule has 0 aliphatic rings. The lowest BCUT2D eigenvalue weighted by Crippen LogP contribution is -2.28. The maximum absolute atomic E-state index is 12.8. The number of benzene rings is 2. The molecule has 1 aromatic heterocycles. The van der Waals surface area contributed by atoms with Crippen LogP contribution in [0, 0.1) is 0 Å². The number of alkyl halides is 2. The third kappa shape index (κ3) is 5.41. The van der Waals surface area contributed by atoms with Gasteiger partial charge in [0.1, 0.15) is 0 Å². The fourth-order valence-corrected chi connectivity index (χ4v) is 2.92. The van der Waals surface area contributed by atoms with Crippen molar-refractivity contribution in [3.8, 4) is 11.5 Å². The Morgan fingerprint density at radius 3 is 2.47 bits per heavy atom. The quantitative estimate of drug-likeness (QED) is 0.551. The normalized spacial score (nSPS) is 12.0. The number of halogens is 2. The van der Waals surface area contributed by atoms with Crippen molar-refractivity contribution in [2.45, 2.75) is 12.7 Å². The second-order valence-corrected chi connectivity index (χ2v) is 6.20. The summed E-state index contributed by atoms with van der Waals surface area (Å²) in [7, 11) is 1.35. The van der Waals surface area contributed by atoms with Crippen molar-refractivity contribution in [3.05, 3.63) is 95.8 Å². The molecule has 1 unspecified atom stereocenters. The number of carbonyl (C=O) groups is 1. The van der Waals surface area contributed by atoms with E-state index in [1.165, 1.54) is 25.3 Å². The summed E-state index contributed by atoms with van der Waals surface area (Å²) in [6.45, 7) is -3.02. The van der Waals surface area contributed by atoms with E-state index in [0.717, 1.165) is 5.56 Å². The van der Waals surface area contributed by atoms with Gasteiger partial charge < -0.3 is 14.8 Å². The van der Waals surface area contributed by atoms with Crippen LogP contribution in [-0.2, 0) is 4.79 Å². The summed E-state index contributed by atoms with van der Waals surface area (Å²) in [5.74, 6) is -0.405. The van der Waals surface area contributed by atoms with Crippen LogP contribution in [0.4, 0.5) is 8.78 Å². The van der Waals surface area contributed by atoms with Gasteiger partial charge in [0.2, 0.25) is 5.91 Å². The highest BCUT2D eigenvalue weighted by Crippen LogP contribution is 2.33. The van der Waals surface area contributed by atoms with E-state index in [-0.39, 0.29) is 11.5 Å². The Kier molecular flexibility index (Phi) is 7.10. The largest absolute Gasteiger partial charge is 0.493 e. The standard InChI is InChI=1S/C23H20F2N2O3/c1-29-19-12-7-10-17(22(19)30-23(24)25)13-14-20(28)27-21(16-8-3-2-4-9-16)18-11-5-6-15-26-18/h2-15,21,23H,1H3,(H,27,28)/b14-13+. The first-order valence-electron chi connectivity index (χ1n) is 9.14. The van der Waals surface area contributed by atoms with E-state index in [2.05, 4.69) is 15.0 Å². The molecule has 1 atom stereocenters. The van der Waals surface area contributed by atoms with Crippen molar-refractivity contribution in [1.29, 1.82) is 0 Å². The molecule has 30 heavy (non-hydrogen) atoms. The van der Waals surface area contributed by atoms with E-state index in [9.17, 15) is 13.6 Å². The van der Waals surface area contributed by atoms with Gasteiger partial charge in [0.25, 0.3) is 0 Å². The van der Waals surface area contributed by atoms with Crippen molar-refractivity contribution in [2.75, 3.05) is 7.11 Å². The molecule has 1 heterocycles. The van der Waals surface area contributed by atoms with Crippen LogP contribution in [-0.4, -0.2) is 24.6 Å². The Balaban J connectivity index is 1.84. The van der Waals surface area contributed by atoms with E-state index < -0.39 is 18.6 Å². The van der Waals surface area contributed by atoms with E-state index in [1.807, 2.05) is 42.5 Å². The van der Waals surface area contributed by atoms with Gasteiger partial charge >= 0.3 is 6.61 Å². The average molecular weight is 410 g/mol. The third-order valence-electron chi connectivity index (χ3n) is 4.25. The first-order valence-corrected chi connectivity index (χ1v) is 9.14. The highest BCUT2D eigenvalue weighted by atomic mass is 19.3. The minimum atomic E-state index is -3.02. The number of hydrogen-bond donors (Lipinski definition) is 1. The van der Waals surface area contributed by atoms with Gasteiger partial charge in [-0.25, -0.2) is 0 Å². The van der Waals surface area contributed by atoms with Crippen LogP contribution in [0.1, 0.15) is 22.9 Å². The predicted octanol–water partition coefficient (Wildman–Crippen LogP) is 4.61. The molecule has 0 saturated heterocycles. The summed E-state index contributed by atoms with van der Waals surface area (Å²) >= 11 is 0. The van der Waals surface area contributed by atoms with Crippen LogP contribution >= 0.6 is 0 Å². The molecule has 0 spiro atoms. The summed E-state index contributed by atoms with van der Waals surface area (Å²) < 4.78 is 35.2. The second kappa shape index (κ2) is 10.2. The fraction of sp³-hybridized carbons (Fsp3) is 0.130. The number of para-hydroxylation sites is 1. The lowest BCUT2D eigenvalue weighted by Gasteiger charge is -2.18. The molecular weight excluding hydrogens is 390 g/mol. The molecule has 1 amide bonds. The van der Waals surface area contributed by atoms with Gasteiger partial charge in [-0.05, 0) is 29.8 Å². The number of methoxy groups -OCH3 is 1. The Morgan fingerprint density at radius 1 is 1.03 bits per heavy atom. The summed E-state index contributed by atoms with van der Waals surface area (Å²) in [6.07, 6.45) is 4.31. The molecule has 2 aromatic carbocycles. The number of rotatable bonds is 8. The van der Waals surface area contributed by atoms with Crippen LogP contribution in [0.3, 0.4) is 0 Å². The number of nitrogens with zero attached hydrogens (tertiary/aromatic N) is 1. The minimum absolute atomic E-state index is 0.136. The molecule has 1 N–H and O–H groups in total. The first-order chi connectivity index (χ1) is 14.6. The zero-order valence-electron chi connectivity index (χ0n) is 16.2. The molecule has 0 bridgehead atoms. The maximum atomic E-state index is 12.8. The molecule has 154 valence electrons. The summed E-state index contributed by atoms with van der Waals surface area (Å²) in [5.41, 5.74) is 1.83. The molecule has 0 aliphatic carbocycles. The number of carbonyl (C=O) groups excluding carboxylic acids is 1. The molecule has 3 aromatic rings. The Bertz CT molecular complexity index is 956. The molecule has 0 radical (unpaired) electrons. The average Bonchev–Trinajstić information content (AvgIpc) is 2.77. The monoisotopic (exact) mass is 410 g/mol. The van der Waals surface area contributed by atoms with Crippen molar-refractivity contribution < 1.29 is 23.0 Å². The highest BCUT2D eigenvalue weighted by Gasteiger charge is 2.17. The summed E-state index contributed by atoms with van der Waals surface area (Å²) in [4.78, 5) is 17.0.